The van der Waals surface area contributed by atoms with E-state index in [1.54, 1.807) is 24.3 Å². The van der Waals surface area contributed by atoms with Gasteiger partial charge in [-0.1, -0.05) is 48.4 Å². The highest BCUT2D eigenvalue weighted by Gasteiger charge is 2.17. The second-order valence-corrected chi connectivity index (χ2v) is 5.61. The molecule has 22 heavy (non-hydrogen) atoms. The molecule has 0 fully saturated rings. The lowest BCUT2D eigenvalue weighted by molar-refractivity contribution is -0.128. The van der Waals surface area contributed by atoms with Crippen molar-refractivity contribution in [3.05, 3.63) is 64.7 Å². The van der Waals surface area contributed by atoms with Gasteiger partial charge in [0.1, 0.15) is 5.75 Å². The third-order valence-electron chi connectivity index (χ3n) is 3.30. The van der Waals surface area contributed by atoms with Gasteiger partial charge in [0.25, 0.3) is 5.91 Å². The van der Waals surface area contributed by atoms with Crippen LogP contribution in [0, 0.1) is 6.92 Å². The van der Waals surface area contributed by atoms with Crippen LogP contribution < -0.4 is 10.1 Å². The van der Waals surface area contributed by atoms with Gasteiger partial charge in [-0.05, 0) is 43.2 Å². The Hall–Kier alpha value is -2.00. The monoisotopic (exact) mass is 317 g/mol. The number of amides is 1. The molecular formula is C18H20ClNO2. The predicted octanol–water partition coefficient (Wildman–Crippen LogP) is 4.12. The van der Waals surface area contributed by atoms with Crippen molar-refractivity contribution in [2.75, 3.05) is 0 Å². The second kappa shape index (κ2) is 7.85. The van der Waals surface area contributed by atoms with Crippen molar-refractivity contribution in [2.24, 2.45) is 0 Å². The third-order valence-corrected chi connectivity index (χ3v) is 3.56. The first kappa shape index (κ1) is 16.4. The minimum atomic E-state index is -0.508. The van der Waals surface area contributed by atoms with Gasteiger partial charge in [0, 0.05) is 11.6 Å². The highest BCUT2D eigenvalue weighted by atomic mass is 35.5. The Morgan fingerprint density at radius 3 is 2.59 bits per heavy atom. The minimum absolute atomic E-state index is 0.112. The van der Waals surface area contributed by atoms with Gasteiger partial charge >= 0.3 is 0 Å². The molecule has 0 bridgehead atoms. The van der Waals surface area contributed by atoms with Crippen LogP contribution in [0.3, 0.4) is 0 Å². The molecule has 0 saturated heterocycles. The number of ether oxygens (including phenoxy) is 1. The number of halogens is 1. The molecule has 0 saturated carbocycles. The average molecular weight is 318 g/mol. The van der Waals surface area contributed by atoms with E-state index in [2.05, 4.69) is 11.4 Å². The van der Waals surface area contributed by atoms with Crippen LogP contribution >= 0.6 is 11.6 Å². The zero-order valence-electron chi connectivity index (χ0n) is 12.8. The van der Waals surface area contributed by atoms with Crippen LogP contribution in [0.25, 0.3) is 0 Å². The van der Waals surface area contributed by atoms with Gasteiger partial charge < -0.3 is 10.1 Å². The molecule has 0 aliphatic rings. The van der Waals surface area contributed by atoms with Crippen LogP contribution in [0.15, 0.2) is 48.5 Å². The zero-order valence-corrected chi connectivity index (χ0v) is 13.6. The molecule has 1 atom stereocenters. The molecule has 4 heteroatoms. The number of benzene rings is 2. The standard InChI is InChI=1S/C18H20ClNO2/c1-3-17(22-16-9-7-15(19)8-10-16)18(21)20-12-14-6-4-5-13(2)11-14/h4-11,17H,3,12H2,1-2H3,(H,20,21)/t17-/m1/s1. The molecule has 2 aromatic carbocycles. The molecule has 1 amide bonds. The highest BCUT2D eigenvalue weighted by Crippen LogP contribution is 2.17. The van der Waals surface area contributed by atoms with Gasteiger partial charge in [-0.2, -0.15) is 0 Å². The summed E-state index contributed by atoms with van der Waals surface area (Å²) in [5, 5.41) is 3.56. The van der Waals surface area contributed by atoms with Crippen LogP contribution in [-0.2, 0) is 11.3 Å². The number of aryl methyl sites for hydroxylation is 1. The molecular weight excluding hydrogens is 298 g/mol. The molecule has 1 N–H and O–H groups in total. The lowest BCUT2D eigenvalue weighted by Gasteiger charge is -2.17. The van der Waals surface area contributed by atoms with Gasteiger partial charge in [0.2, 0.25) is 0 Å². The number of carbonyl (C=O) groups is 1. The average Bonchev–Trinajstić information content (AvgIpc) is 2.52. The first-order chi connectivity index (χ1) is 10.6. The molecule has 0 aliphatic carbocycles. The molecule has 0 aromatic heterocycles. The van der Waals surface area contributed by atoms with Gasteiger partial charge in [-0.15, -0.1) is 0 Å². The van der Waals surface area contributed by atoms with Crippen LogP contribution in [0.2, 0.25) is 5.02 Å². The summed E-state index contributed by atoms with van der Waals surface area (Å²) in [6, 6.07) is 15.1. The molecule has 0 radical (unpaired) electrons. The summed E-state index contributed by atoms with van der Waals surface area (Å²) in [4.78, 5) is 12.2. The second-order valence-electron chi connectivity index (χ2n) is 5.18. The summed E-state index contributed by atoms with van der Waals surface area (Å²) < 4.78 is 5.72. The summed E-state index contributed by atoms with van der Waals surface area (Å²) in [5.74, 6) is 0.529. The third kappa shape index (κ3) is 4.78. The number of hydrogen-bond donors (Lipinski definition) is 1. The summed E-state index contributed by atoms with van der Waals surface area (Å²) >= 11 is 5.84. The van der Waals surface area contributed by atoms with Crippen molar-refractivity contribution in [1.29, 1.82) is 0 Å². The Labute approximate surface area is 136 Å². The molecule has 0 unspecified atom stereocenters. The van der Waals surface area contributed by atoms with Crippen molar-refractivity contribution < 1.29 is 9.53 Å². The minimum Gasteiger partial charge on any atom is -0.481 e. The van der Waals surface area contributed by atoms with E-state index < -0.39 is 6.10 Å². The van der Waals surface area contributed by atoms with Crippen molar-refractivity contribution >= 4 is 17.5 Å². The fraction of sp³-hybridized carbons (Fsp3) is 0.278. The van der Waals surface area contributed by atoms with E-state index in [0.29, 0.717) is 23.7 Å². The maximum atomic E-state index is 12.2. The fourth-order valence-corrected chi connectivity index (χ4v) is 2.25. The number of carbonyl (C=O) groups excluding carboxylic acids is 1. The normalized spacial score (nSPS) is 11.8. The van der Waals surface area contributed by atoms with E-state index >= 15 is 0 Å². The summed E-state index contributed by atoms with van der Waals surface area (Å²) in [6.45, 7) is 4.46. The molecule has 0 spiro atoms. The molecule has 2 rings (SSSR count). The Morgan fingerprint density at radius 1 is 1.23 bits per heavy atom. The topological polar surface area (TPSA) is 38.3 Å². The fourth-order valence-electron chi connectivity index (χ4n) is 2.12. The van der Waals surface area contributed by atoms with Crippen LogP contribution in [0.4, 0.5) is 0 Å². The van der Waals surface area contributed by atoms with Crippen molar-refractivity contribution in [2.45, 2.75) is 32.9 Å². The Kier molecular flexibility index (Phi) is 5.84. The summed E-state index contributed by atoms with van der Waals surface area (Å²) in [5.41, 5.74) is 2.26. The number of rotatable bonds is 6. The first-order valence-electron chi connectivity index (χ1n) is 7.34. The smallest absolute Gasteiger partial charge is 0.261 e. The summed E-state index contributed by atoms with van der Waals surface area (Å²) in [6.07, 6.45) is 0.0911. The quantitative estimate of drug-likeness (QED) is 0.870. The zero-order chi connectivity index (χ0) is 15.9. The maximum absolute atomic E-state index is 12.2. The van der Waals surface area contributed by atoms with E-state index in [0.717, 1.165) is 5.56 Å². The number of nitrogens with one attached hydrogen (secondary N) is 1. The lowest BCUT2D eigenvalue weighted by atomic mass is 10.1. The molecule has 0 aliphatic heterocycles. The van der Waals surface area contributed by atoms with Gasteiger partial charge in [-0.3, -0.25) is 4.79 Å². The van der Waals surface area contributed by atoms with Gasteiger partial charge in [-0.25, -0.2) is 0 Å². The molecule has 3 nitrogen and oxygen atoms in total. The maximum Gasteiger partial charge on any atom is 0.261 e. The Balaban J connectivity index is 1.92. The van der Waals surface area contributed by atoms with Crippen LogP contribution in [0.1, 0.15) is 24.5 Å². The van der Waals surface area contributed by atoms with E-state index in [1.807, 2.05) is 32.0 Å². The molecule has 2 aromatic rings. The van der Waals surface area contributed by atoms with E-state index in [9.17, 15) is 4.79 Å². The van der Waals surface area contributed by atoms with Crippen molar-refractivity contribution in [1.82, 2.24) is 5.32 Å². The first-order valence-corrected chi connectivity index (χ1v) is 7.71. The highest BCUT2D eigenvalue weighted by molar-refractivity contribution is 6.30. The molecule has 0 heterocycles. The molecule has 116 valence electrons. The van der Waals surface area contributed by atoms with Crippen molar-refractivity contribution in [3.63, 3.8) is 0 Å². The van der Waals surface area contributed by atoms with E-state index in [4.69, 9.17) is 16.3 Å². The van der Waals surface area contributed by atoms with Gasteiger partial charge in [0.05, 0.1) is 0 Å². The Morgan fingerprint density at radius 2 is 1.95 bits per heavy atom. The van der Waals surface area contributed by atoms with Crippen molar-refractivity contribution in [3.8, 4) is 5.75 Å². The van der Waals surface area contributed by atoms with E-state index in [1.165, 1.54) is 5.56 Å². The Bertz CT molecular complexity index is 625. The summed E-state index contributed by atoms with van der Waals surface area (Å²) in [7, 11) is 0. The van der Waals surface area contributed by atoms with Gasteiger partial charge in [0.15, 0.2) is 6.10 Å². The van der Waals surface area contributed by atoms with Crippen LogP contribution in [-0.4, -0.2) is 12.0 Å². The lowest BCUT2D eigenvalue weighted by Crippen LogP contribution is -2.37. The largest absolute Gasteiger partial charge is 0.481 e. The number of hydrogen-bond acceptors (Lipinski definition) is 2. The van der Waals surface area contributed by atoms with E-state index in [-0.39, 0.29) is 5.91 Å². The van der Waals surface area contributed by atoms with Crippen LogP contribution in [0.5, 0.6) is 5.75 Å². The predicted molar refractivity (Wildman–Crippen MR) is 89.2 cm³/mol. The SMILES string of the molecule is CC[C@@H](Oc1ccc(Cl)cc1)C(=O)NCc1cccc(C)c1.